The fraction of sp³-hybridized carbons (Fsp3) is 0.632. The monoisotopic (exact) mass is 396 g/mol. The first kappa shape index (κ1) is 20.4. The van der Waals surface area contributed by atoms with Crippen LogP contribution in [0, 0.1) is 13.8 Å². The molecule has 0 spiro atoms. The predicted molar refractivity (Wildman–Crippen MR) is 105 cm³/mol. The maximum absolute atomic E-state index is 10.5. The number of aliphatic hydroxyl groups is 2. The summed E-state index contributed by atoms with van der Waals surface area (Å²) in [5.41, 5.74) is 2.83. The van der Waals surface area contributed by atoms with Crippen molar-refractivity contribution >= 4 is 16.9 Å². The number of fused-ring (bicyclic) bond motifs is 1. The number of thioether (sulfide) groups is 1. The number of aliphatic hydroxyl groups excluding tert-OH is 2. The van der Waals surface area contributed by atoms with Crippen LogP contribution in [0.1, 0.15) is 23.6 Å². The third-order valence-corrected chi connectivity index (χ3v) is 6.22. The molecule has 2 aliphatic heterocycles. The molecule has 0 saturated carbocycles. The Morgan fingerprint density at radius 3 is 2.52 bits per heavy atom. The van der Waals surface area contributed by atoms with Crippen LogP contribution in [0.4, 0.5) is 0 Å². The molecule has 0 amide bonds. The van der Waals surface area contributed by atoms with Crippen molar-refractivity contribution in [2.24, 2.45) is 4.99 Å². The summed E-state index contributed by atoms with van der Waals surface area (Å²) >= 11 is 1.42. The zero-order valence-corrected chi connectivity index (χ0v) is 17.1. The summed E-state index contributed by atoms with van der Waals surface area (Å²) in [6.45, 7) is 6.24. The molecule has 2 fully saturated rings. The molecular formula is C19H28N2O5S. The highest BCUT2D eigenvalue weighted by Crippen LogP contribution is 2.35. The molecule has 2 heterocycles. The standard InChI is InChI=1S/C19H28N2O5S/c1-9-6-12(7-10(2)16(9)24-5)8-25-11(3)17-15(23)14(22)13-18(26-17)27-19(20-4)21-13/h6-7,11,13-15,17-18,22-23H,8H2,1-5H3,(H,20,21)/t11-,13+,14+,15-,17+,18+/m0/s1. The Bertz CT molecular complexity index is 690. The van der Waals surface area contributed by atoms with E-state index in [1.165, 1.54) is 11.8 Å². The summed E-state index contributed by atoms with van der Waals surface area (Å²) in [6.07, 6.45) is -2.99. The van der Waals surface area contributed by atoms with E-state index < -0.39 is 18.3 Å². The van der Waals surface area contributed by atoms with Crippen LogP contribution in [0.25, 0.3) is 0 Å². The van der Waals surface area contributed by atoms with Crippen molar-refractivity contribution in [2.75, 3.05) is 14.2 Å². The zero-order chi connectivity index (χ0) is 19.7. The molecule has 3 N–H and O–H groups in total. The topological polar surface area (TPSA) is 92.5 Å². The third-order valence-electron chi connectivity index (χ3n) is 5.06. The highest BCUT2D eigenvalue weighted by molar-refractivity contribution is 8.14. The summed E-state index contributed by atoms with van der Waals surface area (Å²) in [5, 5.41) is 24.8. The van der Waals surface area contributed by atoms with Gasteiger partial charge in [0.2, 0.25) is 0 Å². The van der Waals surface area contributed by atoms with Crippen molar-refractivity contribution in [3.8, 4) is 5.75 Å². The van der Waals surface area contributed by atoms with Gasteiger partial charge in [0.25, 0.3) is 0 Å². The van der Waals surface area contributed by atoms with Crippen LogP contribution in [0.5, 0.6) is 5.75 Å². The SMILES string of the molecule is CN=C1N[C@@H]2[C@@H](O)[C@H](O)[C@@H]([C@H](C)OCc3cc(C)c(OC)c(C)c3)O[C@@H]2S1. The minimum atomic E-state index is -1.04. The van der Waals surface area contributed by atoms with E-state index in [1.807, 2.05) is 32.9 Å². The van der Waals surface area contributed by atoms with E-state index in [-0.39, 0.29) is 17.6 Å². The lowest BCUT2D eigenvalue weighted by Crippen LogP contribution is -2.61. The summed E-state index contributed by atoms with van der Waals surface area (Å²) < 4.78 is 17.4. The molecule has 7 nitrogen and oxygen atoms in total. The minimum absolute atomic E-state index is 0.302. The summed E-state index contributed by atoms with van der Waals surface area (Å²) in [7, 11) is 3.34. The van der Waals surface area contributed by atoms with Crippen molar-refractivity contribution < 1.29 is 24.4 Å². The molecule has 27 heavy (non-hydrogen) atoms. The van der Waals surface area contributed by atoms with Crippen molar-refractivity contribution in [3.63, 3.8) is 0 Å². The van der Waals surface area contributed by atoms with Gasteiger partial charge in [0.15, 0.2) is 5.17 Å². The van der Waals surface area contributed by atoms with Gasteiger partial charge in [-0.2, -0.15) is 0 Å². The first-order valence-electron chi connectivity index (χ1n) is 9.03. The lowest BCUT2D eigenvalue weighted by molar-refractivity contribution is -0.195. The molecular weight excluding hydrogens is 368 g/mol. The van der Waals surface area contributed by atoms with Gasteiger partial charge in [-0.1, -0.05) is 23.9 Å². The number of nitrogens with zero attached hydrogens (tertiary/aromatic N) is 1. The average Bonchev–Trinajstić information content (AvgIpc) is 3.06. The third kappa shape index (κ3) is 4.09. The summed E-state index contributed by atoms with van der Waals surface area (Å²) in [5.74, 6) is 0.881. The Labute approximate surface area is 164 Å². The lowest BCUT2D eigenvalue weighted by Gasteiger charge is -2.41. The molecule has 8 heteroatoms. The Hall–Kier alpha value is -1.32. The molecule has 6 atom stereocenters. The van der Waals surface area contributed by atoms with Crippen LogP contribution >= 0.6 is 11.8 Å². The maximum atomic E-state index is 10.5. The number of rotatable bonds is 5. The number of nitrogens with one attached hydrogen (secondary N) is 1. The van der Waals surface area contributed by atoms with Crippen molar-refractivity contribution in [1.82, 2.24) is 5.32 Å². The van der Waals surface area contributed by atoms with Crippen LogP contribution in [0.2, 0.25) is 0 Å². The fourth-order valence-electron chi connectivity index (χ4n) is 3.70. The molecule has 1 aromatic carbocycles. The Balaban J connectivity index is 1.65. The predicted octanol–water partition coefficient (Wildman–Crippen LogP) is 1.35. The average molecular weight is 397 g/mol. The highest BCUT2D eigenvalue weighted by atomic mass is 32.2. The fourth-order valence-corrected chi connectivity index (χ4v) is 4.79. The molecule has 150 valence electrons. The number of methoxy groups -OCH3 is 1. The Kier molecular flexibility index (Phi) is 6.32. The van der Waals surface area contributed by atoms with Crippen LogP contribution in [-0.2, 0) is 16.1 Å². The Morgan fingerprint density at radius 2 is 1.93 bits per heavy atom. The maximum Gasteiger partial charge on any atom is 0.159 e. The minimum Gasteiger partial charge on any atom is -0.496 e. The quantitative estimate of drug-likeness (QED) is 0.692. The number of hydrogen-bond acceptors (Lipinski definition) is 7. The number of hydrogen-bond donors (Lipinski definition) is 3. The highest BCUT2D eigenvalue weighted by Gasteiger charge is 2.50. The summed E-state index contributed by atoms with van der Waals surface area (Å²) in [4.78, 5) is 4.10. The van der Waals surface area contributed by atoms with Gasteiger partial charge in [0, 0.05) is 7.05 Å². The van der Waals surface area contributed by atoms with E-state index in [1.54, 1.807) is 14.2 Å². The van der Waals surface area contributed by atoms with Gasteiger partial charge in [0.1, 0.15) is 29.5 Å². The van der Waals surface area contributed by atoms with Crippen molar-refractivity contribution in [1.29, 1.82) is 0 Å². The van der Waals surface area contributed by atoms with Gasteiger partial charge >= 0.3 is 0 Å². The molecule has 0 unspecified atom stereocenters. The molecule has 3 rings (SSSR count). The van der Waals surface area contributed by atoms with Crippen molar-refractivity contribution in [3.05, 3.63) is 28.8 Å². The first-order chi connectivity index (χ1) is 12.8. The molecule has 2 saturated heterocycles. The van der Waals surface area contributed by atoms with Gasteiger partial charge in [0.05, 0.1) is 25.9 Å². The second-order valence-corrected chi connectivity index (χ2v) is 8.13. The number of aliphatic imine (C=N–C) groups is 1. The summed E-state index contributed by atoms with van der Waals surface area (Å²) in [6, 6.07) is 3.68. The molecule has 0 radical (unpaired) electrons. The molecule has 1 aromatic rings. The number of benzene rings is 1. The second kappa shape index (κ2) is 8.36. The van der Waals surface area contributed by atoms with Gasteiger partial charge in [-0.3, -0.25) is 4.99 Å². The van der Waals surface area contributed by atoms with Gasteiger partial charge < -0.3 is 29.7 Å². The van der Waals surface area contributed by atoms with E-state index in [4.69, 9.17) is 14.2 Å². The van der Waals surface area contributed by atoms with E-state index in [0.717, 1.165) is 22.4 Å². The molecule has 2 aliphatic rings. The Morgan fingerprint density at radius 1 is 1.26 bits per heavy atom. The van der Waals surface area contributed by atoms with E-state index in [9.17, 15) is 10.2 Å². The van der Waals surface area contributed by atoms with E-state index in [2.05, 4.69) is 10.3 Å². The van der Waals surface area contributed by atoms with E-state index >= 15 is 0 Å². The van der Waals surface area contributed by atoms with E-state index in [0.29, 0.717) is 11.8 Å². The van der Waals surface area contributed by atoms with Crippen molar-refractivity contribution in [2.45, 2.75) is 63.3 Å². The molecule has 0 aromatic heterocycles. The first-order valence-corrected chi connectivity index (χ1v) is 9.91. The van der Waals surface area contributed by atoms with Gasteiger partial charge in [-0.25, -0.2) is 0 Å². The zero-order valence-electron chi connectivity index (χ0n) is 16.3. The van der Waals surface area contributed by atoms with Crippen LogP contribution in [-0.4, -0.2) is 65.4 Å². The molecule has 0 bridgehead atoms. The van der Waals surface area contributed by atoms with Crippen LogP contribution in [0.15, 0.2) is 17.1 Å². The smallest absolute Gasteiger partial charge is 0.159 e. The number of amidine groups is 1. The normalized spacial score (nSPS) is 32.9. The van der Waals surface area contributed by atoms with Gasteiger partial charge in [-0.05, 0) is 37.5 Å². The number of ether oxygens (including phenoxy) is 3. The van der Waals surface area contributed by atoms with Crippen LogP contribution < -0.4 is 10.1 Å². The van der Waals surface area contributed by atoms with Gasteiger partial charge in [-0.15, -0.1) is 0 Å². The lowest BCUT2D eigenvalue weighted by atomic mass is 9.95. The largest absolute Gasteiger partial charge is 0.496 e. The van der Waals surface area contributed by atoms with Crippen LogP contribution in [0.3, 0.4) is 0 Å². The molecule has 0 aliphatic carbocycles. The number of aryl methyl sites for hydroxylation is 2. The second-order valence-electron chi connectivity index (χ2n) is 7.05.